The van der Waals surface area contributed by atoms with Crippen molar-refractivity contribution >= 4 is 11.9 Å². The van der Waals surface area contributed by atoms with Gasteiger partial charge in [-0.2, -0.15) is 0 Å². The molecule has 0 aromatic heterocycles. The zero-order valence-corrected chi connectivity index (χ0v) is 10.9. The van der Waals surface area contributed by atoms with Crippen molar-refractivity contribution in [1.29, 1.82) is 5.41 Å². The number of nitrogens with zero attached hydrogens (tertiary/aromatic N) is 1. The maximum absolute atomic E-state index is 12.0. The van der Waals surface area contributed by atoms with Crippen molar-refractivity contribution in [2.75, 3.05) is 20.3 Å². The molecule has 1 aliphatic heterocycles. The van der Waals surface area contributed by atoms with Crippen LogP contribution in [0.15, 0.2) is 24.3 Å². The van der Waals surface area contributed by atoms with Crippen LogP contribution in [-0.4, -0.2) is 42.6 Å². The van der Waals surface area contributed by atoms with Crippen molar-refractivity contribution in [2.45, 2.75) is 18.4 Å². The molecule has 100 valence electrons. The van der Waals surface area contributed by atoms with Crippen molar-refractivity contribution in [2.24, 2.45) is 0 Å². The molecule has 2 N–H and O–H groups in total. The molecule has 0 unspecified atom stereocenters. The molecule has 1 aliphatic carbocycles. The minimum absolute atomic E-state index is 0.185. The van der Waals surface area contributed by atoms with Gasteiger partial charge in [0.15, 0.2) is 0 Å². The molecule has 5 heteroatoms. The summed E-state index contributed by atoms with van der Waals surface area (Å²) in [7, 11) is 1.62. The molecule has 2 aliphatic rings. The highest BCUT2D eigenvalue weighted by atomic mass is 16.5. The summed E-state index contributed by atoms with van der Waals surface area (Å²) in [5.41, 5.74) is 1.93. The smallest absolute Gasteiger partial charge is 0.323 e. The Balaban J connectivity index is 1.94. The molecule has 3 rings (SSSR count). The number of carbonyl (C=O) groups excluding carboxylic acids is 1. The third kappa shape index (κ3) is 1.73. The Kier molecular flexibility index (Phi) is 2.78. The molecule has 1 spiro atoms. The van der Waals surface area contributed by atoms with Crippen molar-refractivity contribution in [3.8, 4) is 0 Å². The van der Waals surface area contributed by atoms with E-state index < -0.39 is 5.54 Å². The van der Waals surface area contributed by atoms with Gasteiger partial charge in [-0.1, -0.05) is 24.3 Å². The van der Waals surface area contributed by atoms with Gasteiger partial charge in [0.25, 0.3) is 0 Å². The lowest BCUT2D eigenvalue weighted by atomic mass is 9.93. The molecule has 5 nitrogen and oxygen atoms in total. The Labute approximate surface area is 112 Å². The summed E-state index contributed by atoms with van der Waals surface area (Å²) in [4.78, 5) is 13.8. The highest BCUT2D eigenvalue weighted by Gasteiger charge is 2.52. The maximum atomic E-state index is 12.0. The van der Waals surface area contributed by atoms with E-state index in [0.717, 1.165) is 0 Å². The summed E-state index contributed by atoms with van der Waals surface area (Å²) in [5.74, 6) is 0.310. The number of hydrogen-bond donors (Lipinski definition) is 2. The molecule has 0 saturated carbocycles. The van der Waals surface area contributed by atoms with Gasteiger partial charge in [-0.15, -0.1) is 0 Å². The average Bonchev–Trinajstić information content (AvgIpc) is 2.88. The van der Waals surface area contributed by atoms with Crippen LogP contribution in [0.4, 0.5) is 4.79 Å². The third-order valence-electron chi connectivity index (χ3n) is 4.06. The van der Waals surface area contributed by atoms with Crippen LogP contribution in [0, 0.1) is 5.41 Å². The number of nitrogens with one attached hydrogen (secondary N) is 2. The van der Waals surface area contributed by atoms with Crippen molar-refractivity contribution < 1.29 is 9.53 Å². The minimum atomic E-state index is -0.528. The second-order valence-electron chi connectivity index (χ2n) is 5.10. The zero-order chi connectivity index (χ0) is 13.5. The molecule has 19 heavy (non-hydrogen) atoms. The fourth-order valence-electron chi connectivity index (χ4n) is 3.08. The number of urea groups is 1. The molecule has 0 atom stereocenters. The van der Waals surface area contributed by atoms with E-state index in [1.807, 2.05) is 12.1 Å². The van der Waals surface area contributed by atoms with Gasteiger partial charge in [0.05, 0.1) is 6.61 Å². The predicted molar refractivity (Wildman–Crippen MR) is 71.4 cm³/mol. The first-order valence-electron chi connectivity index (χ1n) is 6.41. The molecule has 0 radical (unpaired) electrons. The van der Waals surface area contributed by atoms with Gasteiger partial charge in [0, 0.05) is 26.5 Å². The molecule has 0 bridgehead atoms. The number of benzene rings is 1. The number of methoxy groups -OCH3 is 1. The Morgan fingerprint density at radius 1 is 1.37 bits per heavy atom. The predicted octanol–water partition coefficient (Wildman–Crippen LogP) is 1.17. The van der Waals surface area contributed by atoms with Crippen LogP contribution in [-0.2, 0) is 17.6 Å². The average molecular weight is 259 g/mol. The van der Waals surface area contributed by atoms with Gasteiger partial charge < -0.3 is 9.64 Å². The Hall–Kier alpha value is -1.88. The number of carbonyl (C=O) groups is 1. The van der Waals surface area contributed by atoms with E-state index in [4.69, 9.17) is 10.1 Å². The second kappa shape index (κ2) is 4.35. The van der Waals surface area contributed by atoms with Gasteiger partial charge in [-0.3, -0.25) is 10.7 Å². The minimum Gasteiger partial charge on any atom is -0.383 e. The first-order chi connectivity index (χ1) is 9.17. The SMILES string of the molecule is COCCN1C(=O)NC(=N)C12Cc1ccccc1C2. The van der Waals surface area contributed by atoms with Gasteiger partial charge >= 0.3 is 6.03 Å². The lowest BCUT2D eigenvalue weighted by Crippen LogP contribution is -2.51. The van der Waals surface area contributed by atoms with Crippen LogP contribution < -0.4 is 5.32 Å². The Morgan fingerprint density at radius 2 is 2.00 bits per heavy atom. The molecule has 1 saturated heterocycles. The van der Waals surface area contributed by atoms with E-state index >= 15 is 0 Å². The Bertz CT molecular complexity index is 516. The lowest BCUT2D eigenvalue weighted by Gasteiger charge is -2.32. The zero-order valence-electron chi connectivity index (χ0n) is 10.9. The highest BCUT2D eigenvalue weighted by molar-refractivity contribution is 6.09. The van der Waals surface area contributed by atoms with Gasteiger partial charge in [0.1, 0.15) is 11.4 Å². The molecule has 1 aromatic carbocycles. The van der Waals surface area contributed by atoms with E-state index in [0.29, 0.717) is 31.8 Å². The van der Waals surface area contributed by atoms with E-state index in [-0.39, 0.29) is 6.03 Å². The van der Waals surface area contributed by atoms with Gasteiger partial charge in [0.2, 0.25) is 0 Å². The van der Waals surface area contributed by atoms with Crippen LogP contribution in [0.25, 0.3) is 0 Å². The Morgan fingerprint density at radius 3 is 2.58 bits per heavy atom. The molecule has 1 heterocycles. The first-order valence-corrected chi connectivity index (χ1v) is 6.41. The highest BCUT2D eigenvalue weighted by Crippen LogP contribution is 2.37. The standard InChI is InChI=1S/C14H17N3O2/c1-19-7-6-17-13(18)16-12(15)14(17)8-10-4-2-3-5-11(10)9-14/h2-5H,6-9H2,1H3,(H2,15,16,18). The summed E-state index contributed by atoms with van der Waals surface area (Å²) in [6.07, 6.45) is 1.43. The van der Waals surface area contributed by atoms with Crippen LogP contribution in [0.1, 0.15) is 11.1 Å². The van der Waals surface area contributed by atoms with Crippen LogP contribution in [0.5, 0.6) is 0 Å². The molecular formula is C14H17N3O2. The summed E-state index contributed by atoms with van der Waals surface area (Å²) in [5, 5.41) is 10.8. The third-order valence-corrected chi connectivity index (χ3v) is 4.06. The number of amides is 2. The normalized spacial score (nSPS) is 19.9. The monoisotopic (exact) mass is 259 g/mol. The van der Waals surface area contributed by atoms with E-state index in [1.165, 1.54) is 11.1 Å². The molecule has 2 amide bonds. The van der Waals surface area contributed by atoms with Gasteiger partial charge in [-0.25, -0.2) is 4.79 Å². The number of rotatable bonds is 3. The van der Waals surface area contributed by atoms with E-state index in [2.05, 4.69) is 17.4 Å². The number of hydrogen-bond acceptors (Lipinski definition) is 3. The van der Waals surface area contributed by atoms with Crippen molar-refractivity contribution in [3.63, 3.8) is 0 Å². The van der Waals surface area contributed by atoms with Crippen LogP contribution in [0.2, 0.25) is 0 Å². The number of fused-ring (bicyclic) bond motifs is 1. The maximum Gasteiger partial charge on any atom is 0.323 e. The van der Waals surface area contributed by atoms with Crippen molar-refractivity contribution in [1.82, 2.24) is 10.2 Å². The van der Waals surface area contributed by atoms with E-state index in [1.54, 1.807) is 12.0 Å². The number of amidine groups is 1. The fraction of sp³-hybridized carbons (Fsp3) is 0.429. The van der Waals surface area contributed by atoms with Gasteiger partial charge in [-0.05, 0) is 11.1 Å². The quantitative estimate of drug-likeness (QED) is 0.856. The second-order valence-corrected chi connectivity index (χ2v) is 5.10. The van der Waals surface area contributed by atoms with E-state index in [9.17, 15) is 4.79 Å². The summed E-state index contributed by atoms with van der Waals surface area (Å²) >= 11 is 0. The molecule has 1 fully saturated rings. The summed E-state index contributed by atoms with van der Waals surface area (Å²) in [6.45, 7) is 0.998. The molecule has 1 aromatic rings. The summed E-state index contributed by atoms with van der Waals surface area (Å²) in [6, 6.07) is 7.98. The lowest BCUT2D eigenvalue weighted by molar-refractivity contribution is 0.127. The summed E-state index contributed by atoms with van der Waals surface area (Å²) < 4.78 is 5.08. The van der Waals surface area contributed by atoms with Crippen LogP contribution in [0.3, 0.4) is 0 Å². The number of ether oxygens (including phenoxy) is 1. The van der Waals surface area contributed by atoms with Crippen molar-refractivity contribution in [3.05, 3.63) is 35.4 Å². The first kappa shape index (κ1) is 12.2. The molecular weight excluding hydrogens is 242 g/mol. The van der Waals surface area contributed by atoms with Crippen LogP contribution >= 0.6 is 0 Å². The fourth-order valence-corrected chi connectivity index (χ4v) is 3.08. The largest absolute Gasteiger partial charge is 0.383 e. The topological polar surface area (TPSA) is 65.4 Å².